The van der Waals surface area contributed by atoms with E-state index in [9.17, 15) is 19.6 Å². The second-order valence-corrected chi connectivity index (χ2v) is 5.29. The van der Waals surface area contributed by atoms with E-state index in [-0.39, 0.29) is 22.6 Å². The predicted octanol–water partition coefficient (Wildman–Crippen LogP) is 4.43. The second kappa shape index (κ2) is 6.38. The number of hydrogen-bond acceptors (Lipinski definition) is 4. The second-order valence-electron chi connectivity index (χ2n) is 4.00. The minimum absolute atomic E-state index is 0.0416. The summed E-state index contributed by atoms with van der Waals surface area (Å²) in [7, 11) is 0. The van der Waals surface area contributed by atoms with Gasteiger partial charge in [-0.25, -0.2) is 4.39 Å². The zero-order valence-electron chi connectivity index (χ0n) is 10.3. The molecule has 0 amide bonds. The molecule has 2 aromatic carbocycles. The van der Waals surface area contributed by atoms with Crippen molar-refractivity contribution in [2.75, 3.05) is 0 Å². The SMILES string of the molecule is O=[N+]([O-])c1cc(Br)c(F)cc1Oc1ccc(Cl)cc1CO. The number of halogens is 3. The molecule has 21 heavy (non-hydrogen) atoms. The summed E-state index contributed by atoms with van der Waals surface area (Å²) in [5.41, 5.74) is -0.0674. The lowest BCUT2D eigenvalue weighted by Crippen LogP contribution is -1.97. The van der Waals surface area contributed by atoms with Gasteiger partial charge in [-0.1, -0.05) is 11.6 Å². The molecule has 2 rings (SSSR count). The molecule has 0 heterocycles. The number of aliphatic hydroxyl groups is 1. The first-order chi connectivity index (χ1) is 9.92. The van der Waals surface area contributed by atoms with Crippen molar-refractivity contribution in [3.8, 4) is 11.5 Å². The van der Waals surface area contributed by atoms with Crippen LogP contribution < -0.4 is 4.74 Å². The van der Waals surface area contributed by atoms with E-state index < -0.39 is 16.4 Å². The molecular formula is C13H8BrClFNO4. The van der Waals surface area contributed by atoms with Gasteiger partial charge in [0.25, 0.3) is 0 Å². The third kappa shape index (κ3) is 3.49. The maximum atomic E-state index is 13.6. The van der Waals surface area contributed by atoms with Crippen molar-refractivity contribution >= 4 is 33.2 Å². The average Bonchev–Trinajstić information content (AvgIpc) is 2.44. The molecule has 0 radical (unpaired) electrons. The summed E-state index contributed by atoms with van der Waals surface area (Å²) < 4.78 is 18.9. The Bertz CT molecular complexity index is 711. The minimum Gasteiger partial charge on any atom is -0.450 e. The Morgan fingerprint density at radius 1 is 1.33 bits per heavy atom. The van der Waals surface area contributed by atoms with Gasteiger partial charge in [-0.2, -0.15) is 0 Å². The molecule has 0 saturated carbocycles. The molecule has 0 aliphatic rings. The highest BCUT2D eigenvalue weighted by atomic mass is 79.9. The van der Waals surface area contributed by atoms with Gasteiger partial charge in [-0.3, -0.25) is 10.1 Å². The lowest BCUT2D eigenvalue weighted by atomic mass is 10.2. The van der Waals surface area contributed by atoms with Gasteiger partial charge in [0, 0.05) is 22.7 Å². The Balaban J connectivity index is 2.48. The largest absolute Gasteiger partial charge is 0.450 e. The molecule has 110 valence electrons. The zero-order valence-corrected chi connectivity index (χ0v) is 12.7. The molecule has 0 unspecified atom stereocenters. The third-order valence-electron chi connectivity index (χ3n) is 2.61. The topological polar surface area (TPSA) is 72.6 Å². The van der Waals surface area contributed by atoms with Crippen molar-refractivity contribution in [2.45, 2.75) is 6.61 Å². The molecule has 0 aromatic heterocycles. The van der Waals surface area contributed by atoms with E-state index in [0.717, 1.165) is 12.1 Å². The van der Waals surface area contributed by atoms with Crippen LogP contribution in [0.25, 0.3) is 0 Å². The van der Waals surface area contributed by atoms with Crippen LogP contribution in [0.5, 0.6) is 11.5 Å². The fourth-order valence-electron chi connectivity index (χ4n) is 1.63. The minimum atomic E-state index is -0.699. The van der Waals surface area contributed by atoms with Crippen LogP contribution in [0, 0.1) is 15.9 Å². The van der Waals surface area contributed by atoms with Gasteiger partial charge in [0.1, 0.15) is 11.6 Å². The smallest absolute Gasteiger partial charge is 0.312 e. The molecule has 2 aromatic rings. The number of benzene rings is 2. The average molecular weight is 377 g/mol. The fraction of sp³-hybridized carbons (Fsp3) is 0.0769. The van der Waals surface area contributed by atoms with Gasteiger partial charge < -0.3 is 9.84 Å². The number of nitro groups is 1. The third-order valence-corrected chi connectivity index (χ3v) is 3.45. The fourth-order valence-corrected chi connectivity index (χ4v) is 2.16. The van der Waals surface area contributed by atoms with Gasteiger partial charge in [0.15, 0.2) is 0 Å². The summed E-state index contributed by atoms with van der Waals surface area (Å²) in [6, 6.07) is 6.31. The Morgan fingerprint density at radius 2 is 2.05 bits per heavy atom. The van der Waals surface area contributed by atoms with Crippen molar-refractivity contribution in [1.82, 2.24) is 0 Å². The summed E-state index contributed by atoms with van der Waals surface area (Å²) in [6.45, 7) is -0.372. The molecule has 0 bridgehead atoms. The molecule has 0 aliphatic heterocycles. The zero-order chi connectivity index (χ0) is 15.6. The van der Waals surface area contributed by atoms with Gasteiger partial charge in [0.2, 0.25) is 5.75 Å². The summed E-state index contributed by atoms with van der Waals surface area (Å²) in [5.74, 6) is -0.806. The maximum absolute atomic E-state index is 13.6. The Hall–Kier alpha value is -1.70. The van der Waals surface area contributed by atoms with E-state index in [2.05, 4.69) is 15.9 Å². The molecule has 0 fully saturated rings. The molecular weight excluding hydrogens is 369 g/mol. The van der Waals surface area contributed by atoms with Crippen LogP contribution in [0.3, 0.4) is 0 Å². The van der Waals surface area contributed by atoms with E-state index in [1.165, 1.54) is 18.2 Å². The van der Waals surface area contributed by atoms with Crippen LogP contribution in [0.1, 0.15) is 5.56 Å². The highest BCUT2D eigenvalue weighted by Crippen LogP contribution is 2.37. The first kappa shape index (κ1) is 15.7. The number of nitro benzene ring substituents is 1. The number of rotatable bonds is 4. The first-order valence-electron chi connectivity index (χ1n) is 5.63. The normalized spacial score (nSPS) is 10.5. The van der Waals surface area contributed by atoms with E-state index in [1.807, 2.05) is 0 Å². The highest BCUT2D eigenvalue weighted by Gasteiger charge is 2.20. The molecule has 1 N–H and O–H groups in total. The van der Waals surface area contributed by atoms with Crippen molar-refractivity contribution in [1.29, 1.82) is 0 Å². The van der Waals surface area contributed by atoms with Crippen LogP contribution in [-0.2, 0) is 6.61 Å². The monoisotopic (exact) mass is 375 g/mol. The van der Waals surface area contributed by atoms with Gasteiger partial charge in [-0.05, 0) is 34.1 Å². The summed E-state index contributed by atoms with van der Waals surface area (Å²) in [5, 5.41) is 20.6. The van der Waals surface area contributed by atoms with Crippen LogP contribution in [0.2, 0.25) is 5.02 Å². The number of nitrogens with zero attached hydrogens (tertiary/aromatic N) is 1. The standard InChI is InChI=1S/C13H8BrClFNO4/c14-9-4-11(17(19)20)13(5-10(9)16)21-12-2-1-8(15)3-7(12)6-18/h1-5,18H,6H2. The quantitative estimate of drug-likeness (QED) is 0.633. The van der Waals surface area contributed by atoms with Crippen molar-refractivity contribution < 1.29 is 19.2 Å². The van der Waals surface area contributed by atoms with Gasteiger partial charge in [-0.15, -0.1) is 0 Å². The first-order valence-corrected chi connectivity index (χ1v) is 6.80. The number of ether oxygens (including phenoxy) is 1. The number of aliphatic hydroxyl groups excluding tert-OH is 1. The van der Waals surface area contributed by atoms with Gasteiger partial charge in [0.05, 0.1) is 16.0 Å². The summed E-state index contributed by atoms with van der Waals surface area (Å²) in [6.07, 6.45) is 0. The van der Waals surface area contributed by atoms with E-state index in [4.69, 9.17) is 16.3 Å². The predicted molar refractivity (Wildman–Crippen MR) is 78.2 cm³/mol. The molecule has 0 aliphatic carbocycles. The van der Waals surface area contributed by atoms with E-state index in [1.54, 1.807) is 0 Å². The van der Waals surface area contributed by atoms with Crippen LogP contribution >= 0.6 is 27.5 Å². The van der Waals surface area contributed by atoms with E-state index >= 15 is 0 Å². The summed E-state index contributed by atoms with van der Waals surface area (Å²) >= 11 is 8.66. The van der Waals surface area contributed by atoms with Crippen LogP contribution in [0.15, 0.2) is 34.8 Å². The van der Waals surface area contributed by atoms with Crippen molar-refractivity contribution in [3.63, 3.8) is 0 Å². The lowest BCUT2D eigenvalue weighted by molar-refractivity contribution is -0.385. The van der Waals surface area contributed by atoms with Crippen LogP contribution in [0.4, 0.5) is 10.1 Å². The van der Waals surface area contributed by atoms with Gasteiger partial charge >= 0.3 is 5.69 Å². The molecule has 5 nitrogen and oxygen atoms in total. The molecule has 0 atom stereocenters. The molecule has 0 saturated heterocycles. The maximum Gasteiger partial charge on any atom is 0.312 e. The highest BCUT2D eigenvalue weighted by molar-refractivity contribution is 9.10. The summed E-state index contributed by atoms with van der Waals surface area (Å²) in [4.78, 5) is 10.3. The lowest BCUT2D eigenvalue weighted by Gasteiger charge is -2.11. The number of hydrogen-bond donors (Lipinski definition) is 1. The van der Waals surface area contributed by atoms with Crippen LogP contribution in [-0.4, -0.2) is 10.0 Å². The van der Waals surface area contributed by atoms with Crippen molar-refractivity contribution in [3.05, 3.63) is 61.3 Å². The Kier molecular flexibility index (Phi) is 4.76. The van der Waals surface area contributed by atoms with E-state index in [0.29, 0.717) is 10.6 Å². The molecule has 8 heteroatoms. The Labute approximate surface area is 132 Å². The Morgan fingerprint density at radius 3 is 2.67 bits per heavy atom. The molecule has 0 spiro atoms. The van der Waals surface area contributed by atoms with Crippen molar-refractivity contribution in [2.24, 2.45) is 0 Å².